The van der Waals surface area contributed by atoms with Crippen molar-refractivity contribution >= 4 is 17.9 Å². The van der Waals surface area contributed by atoms with Gasteiger partial charge in [0.15, 0.2) is 0 Å². The molecule has 0 heterocycles. The zero-order valence-electron chi connectivity index (χ0n) is 10.1. The van der Waals surface area contributed by atoms with Crippen molar-refractivity contribution < 1.29 is 19.5 Å². The molecule has 0 fully saturated rings. The third-order valence-electron chi connectivity index (χ3n) is 2.15. The van der Waals surface area contributed by atoms with E-state index in [4.69, 9.17) is 5.11 Å². The van der Waals surface area contributed by atoms with Gasteiger partial charge in [-0.1, -0.05) is 20.3 Å². The minimum Gasteiger partial charge on any atom is -0.480 e. The standard InChI is InChI=1S/C10H19N3O4/c1-3-7(2)4-12-10(17)13-5-8(14)11-6-9(15)16/h7H,3-6H2,1-2H3,(H,11,14)(H,15,16)(H2,12,13,17). The number of carbonyl (C=O) groups excluding carboxylic acids is 2. The molecule has 7 nitrogen and oxygen atoms in total. The average molecular weight is 245 g/mol. The molecular weight excluding hydrogens is 226 g/mol. The Balaban J connectivity index is 3.62. The second kappa shape index (κ2) is 8.37. The van der Waals surface area contributed by atoms with E-state index in [1.807, 2.05) is 13.8 Å². The van der Waals surface area contributed by atoms with Gasteiger partial charge in [0.05, 0.1) is 6.54 Å². The van der Waals surface area contributed by atoms with Crippen LogP contribution in [0.5, 0.6) is 0 Å². The monoisotopic (exact) mass is 245 g/mol. The first-order chi connectivity index (χ1) is 7.95. The Kier molecular flexibility index (Phi) is 7.49. The van der Waals surface area contributed by atoms with E-state index in [9.17, 15) is 14.4 Å². The van der Waals surface area contributed by atoms with Crippen LogP contribution >= 0.6 is 0 Å². The minimum atomic E-state index is -1.13. The predicted molar refractivity (Wildman–Crippen MR) is 61.5 cm³/mol. The number of carboxylic acids is 1. The molecule has 7 heteroatoms. The van der Waals surface area contributed by atoms with Crippen molar-refractivity contribution in [2.75, 3.05) is 19.6 Å². The van der Waals surface area contributed by atoms with Crippen LogP contribution < -0.4 is 16.0 Å². The van der Waals surface area contributed by atoms with Crippen LogP contribution in [-0.2, 0) is 9.59 Å². The molecular formula is C10H19N3O4. The summed E-state index contributed by atoms with van der Waals surface area (Å²) >= 11 is 0. The van der Waals surface area contributed by atoms with Gasteiger partial charge in [-0.25, -0.2) is 4.79 Å². The molecule has 0 aromatic rings. The first-order valence-corrected chi connectivity index (χ1v) is 5.45. The Labute approximate surface area is 100.0 Å². The van der Waals surface area contributed by atoms with Crippen molar-refractivity contribution in [3.8, 4) is 0 Å². The first kappa shape index (κ1) is 15.2. The molecule has 0 aliphatic heterocycles. The maximum absolute atomic E-state index is 11.2. The lowest BCUT2D eigenvalue weighted by Crippen LogP contribution is -2.44. The molecule has 1 unspecified atom stereocenters. The molecule has 0 aromatic heterocycles. The van der Waals surface area contributed by atoms with Crippen LogP contribution in [0.25, 0.3) is 0 Å². The second-order valence-electron chi connectivity index (χ2n) is 3.75. The van der Waals surface area contributed by atoms with Crippen LogP contribution in [0.15, 0.2) is 0 Å². The number of carboxylic acid groups (broad SMARTS) is 1. The molecule has 0 aliphatic rings. The molecule has 17 heavy (non-hydrogen) atoms. The summed E-state index contributed by atoms with van der Waals surface area (Å²) in [7, 11) is 0. The fourth-order valence-corrected chi connectivity index (χ4v) is 0.871. The third-order valence-corrected chi connectivity index (χ3v) is 2.15. The van der Waals surface area contributed by atoms with Gasteiger partial charge in [0.2, 0.25) is 5.91 Å². The molecule has 0 aliphatic carbocycles. The summed E-state index contributed by atoms with van der Waals surface area (Å²) in [6, 6.07) is -0.434. The Morgan fingerprint density at radius 3 is 2.29 bits per heavy atom. The molecule has 0 aromatic carbocycles. The molecule has 4 N–H and O–H groups in total. The highest BCUT2D eigenvalue weighted by Gasteiger charge is 2.07. The van der Waals surface area contributed by atoms with E-state index in [0.29, 0.717) is 12.5 Å². The Hall–Kier alpha value is -1.79. The maximum atomic E-state index is 11.2. The molecule has 0 spiro atoms. The number of carbonyl (C=O) groups is 3. The number of amides is 3. The van der Waals surface area contributed by atoms with Crippen LogP contribution in [0, 0.1) is 5.92 Å². The first-order valence-electron chi connectivity index (χ1n) is 5.45. The van der Waals surface area contributed by atoms with Gasteiger partial charge in [0, 0.05) is 6.54 Å². The van der Waals surface area contributed by atoms with Gasteiger partial charge in [0.25, 0.3) is 0 Å². The average Bonchev–Trinajstić information content (AvgIpc) is 2.30. The van der Waals surface area contributed by atoms with E-state index in [2.05, 4.69) is 16.0 Å². The topological polar surface area (TPSA) is 108 Å². The van der Waals surface area contributed by atoms with Crippen molar-refractivity contribution in [3.63, 3.8) is 0 Å². The van der Waals surface area contributed by atoms with Crippen molar-refractivity contribution in [1.29, 1.82) is 0 Å². The Morgan fingerprint density at radius 2 is 1.76 bits per heavy atom. The fraction of sp³-hybridized carbons (Fsp3) is 0.700. The van der Waals surface area contributed by atoms with E-state index in [1.54, 1.807) is 0 Å². The smallest absolute Gasteiger partial charge is 0.322 e. The van der Waals surface area contributed by atoms with Crippen LogP contribution in [-0.4, -0.2) is 42.6 Å². The zero-order valence-corrected chi connectivity index (χ0v) is 10.1. The fourth-order valence-electron chi connectivity index (χ4n) is 0.871. The molecule has 1 atom stereocenters. The van der Waals surface area contributed by atoms with Gasteiger partial charge >= 0.3 is 12.0 Å². The van der Waals surface area contributed by atoms with Crippen molar-refractivity contribution in [1.82, 2.24) is 16.0 Å². The summed E-state index contributed by atoms with van der Waals surface area (Å²) in [6.45, 7) is 3.87. The Morgan fingerprint density at radius 1 is 1.12 bits per heavy atom. The van der Waals surface area contributed by atoms with Gasteiger partial charge in [0.1, 0.15) is 6.54 Å². The quantitative estimate of drug-likeness (QED) is 0.486. The summed E-state index contributed by atoms with van der Waals surface area (Å²) in [5.74, 6) is -1.28. The summed E-state index contributed by atoms with van der Waals surface area (Å²) in [5.41, 5.74) is 0. The molecule has 0 radical (unpaired) electrons. The number of aliphatic carboxylic acids is 1. The lowest BCUT2D eigenvalue weighted by atomic mass is 10.1. The lowest BCUT2D eigenvalue weighted by molar-refractivity contribution is -0.137. The molecule has 0 bridgehead atoms. The molecule has 0 rings (SSSR count). The molecule has 0 saturated heterocycles. The van der Waals surface area contributed by atoms with E-state index >= 15 is 0 Å². The summed E-state index contributed by atoms with van der Waals surface area (Å²) in [4.78, 5) is 32.4. The van der Waals surface area contributed by atoms with Crippen LogP contribution in [0.3, 0.4) is 0 Å². The van der Waals surface area contributed by atoms with E-state index in [0.717, 1.165) is 6.42 Å². The normalized spacial score (nSPS) is 11.4. The molecule has 98 valence electrons. The van der Waals surface area contributed by atoms with Crippen LogP contribution in [0.1, 0.15) is 20.3 Å². The van der Waals surface area contributed by atoms with E-state index in [1.165, 1.54) is 0 Å². The largest absolute Gasteiger partial charge is 0.480 e. The van der Waals surface area contributed by atoms with Gasteiger partial charge in [-0.05, 0) is 5.92 Å². The molecule has 3 amide bonds. The third kappa shape index (κ3) is 9.16. The minimum absolute atomic E-state index is 0.236. The van der Waals surface area contributed by atoms with Crippen molar-refractivity contribution in [3.05, 3.63) is 0 Å². The molecule has 0 saturated carbocycles. The summed E-state index contributed by atoms with van der Waals surface area (Å²) in [6.07, 6.45) is 0.958. The highest BCUT2D eigenvalue weighted by molar-refractivity contribution is 5.86. The van der Waals surface area contributed by atoms with Gasteiger partial charge < -0.3 is 21.1 Å². The SMILES string of the molecule is CCC(C)CNC(=O)NCC(=O)NCC(=O)O. The van der Waals surface area contributed by atoms with Crippen molar-refractivity contribution in [2.45, 2.75) is 20.3 Å². The number of nitrogens with one attached hydrogen (secondary N) is 3. The number of hydrogen-bond acceptors (Lipinski definition) is 3. The Bertz CT molecular complexity index is 281. The predicted octanol–water partition coefficient (Wildman–Crippen LogP) is -0.467. The van der Waals surface area contributed by atoms with Crippen LogP contribution in [0.2, 0.25) is 0 Å². The van der Waals surface area contributed by atoms with Crippen LogP contribution in [0.4, 0.5) is 4.79 Å². The second-order valence-corrected chi connectivity index (χ2v) is 3.75. The number of rotatable bonds is 7. The van der Waals surface area contributed by atoms with Gasteiger partial charge in [-0.15, -0.1) is 0 Å². The lowest BCUT2D eigenvalue weighted by Gasteiger charge is -2.10. The number of urea groups is 1. The van der Waals surface area contributed by atoms with Gasteiger partial charge in [-0.3, -0.25) is 9.59 Å². The van der Waals surface area contributed by atoms with E-state index in [-0.39, 0.29) is 6.54 Å². The zero-order chi connectivity index (χ0) is 13.3. The maximum Gasteiger partial charge on any atom is 0.322 e. The summed E-state index contributed by atoms with van der Waals surface area (Å²) < 4.78 is 0. The summed E-state index contributed by atoms with van der Waals surface area (Å²) in [5, 5.41) is 15.4. The van der Waals surface area contributed by atoms with Gasteiger partial charge in [-0.2, -0.15) is 0 Å². The number of hydrogen-bond donors (Lipinski definition) is 4. The van der Waals surface area contributed by atoms with Crippen molar-refractivity contribution in [2.24, 2.45) is 5.92 Å². The highest BCUT2D eigenvalue weighted by atomic mass is 16.4. The highest BCUT2D eigenvalue weighted by Crippen LogP contribution is 1.96. The van der Waals surface area contributed by atoms with E-state index < -0.39 is 24.5 Å².